The Morgan fingerprint density at radius 3 is 2.76 bits per heavy atom. The zero-order valence-electron chi connectivity index (χ0n) is 12.4. The van der Waals surface area contributed by atoms with Gasteiger partial charge in [0.1, 0.15) is 17.7 Å². The highest BCUT2D eigenvalue weighted by Gasteiger charge is 2.21. The number of rotatable bonds is 8. The molecule has 0 aliphatic rings. The molecular weight excluding hydrogens is 276 g/mol. The molecule has 3 nitrogen and oxygen atoms in total. The van der Waals surface area contributed by atoms with E-state index in [2.05, 4.69) is 11.9 Å². The third-order valence-electron chi connectivity index (χ3n) is 3.07. The van der Waals surface area contributed by atoms with Crippen LogP contribution >= 0.6 is 0 Å². The molecule has 0 spiro atoms. The first kappa shape index (κ1) is 17.3. The largest absolute Gasteiger partial charge is 0.365 e. The lowest BCUT2D eigenvalue weighted by molar-refractivity contribution is -0.131. The van der Waals surface area contributed by atoms with Crippen LogP contribution in [0, 0.1) is 11.6 Å². The van der Waals surface area contributed by atoms with E-state index in [1.54, 1.807) is 13.0 Å². The highest BCUT2D eigenvalue weighted by Crippen LogP contribution is 2.22. The SMILES string of the molecule is C=CCO[C@H](C)C(=O)N[C@H](CCC)c1ccc(F)cc1F. The minimum atomic E-state index is -0.661. The Morgan fingerprint density at radius 1 is 1.48 bits per heavy atom. The monoisotopic (exact) mass is 297 g/mol. The molecule has 0 saturated heterocycles. The van der Waals surface area contributed by atoms with Gasteiger partial charge in [-0.1, -0.05) is 25.5 Å². The first-order valence-electron chi connectivity index (χ1n) is 6.97. The van der Waals surface area contributed by atoms with Crippen molar-refractivity contribution in [2.45, 2.75) is 38.8 Å². The summed E-state index contributed by atoms with van der Waals surface area (Å²) in [5, 5.41) is 2.74. The topological polar surface area (TPSA) is 38.3 Å². The Hall–Kier alpha value is -1.75. The van der Waals surface area contributed by atoms with Crippen molar-refractivity contribution in [2.75, 3.05) is 6.61 Å². The third-order valence-corrected chi connectivity index (χ3v) is 3.07. The van der Waals surface area contributed by atoms with Gasteiger partial charge in [-0.15, -0.1) is 6.58 Å². The van der Waals surface area contributed by atoms with E-state index >= 15 is 0 Å². The molecule has 0 aromatic heterocycles. The second-order valence-corrected chi connectivity index (χ2v) is 4.78. The summed E-state index contributed by atoms with van der Waals surface area (Å²) in [4.78, 5) is 12.0. The first-order valence-corrected chi connectivity index (χ1v) is 6.97. The molecule has 0 bridgehead atoms. The summed E-state index contributed by atoms with van der Waals surface area (Å²) in [6.45, 7) is 7.31. The third kappa shape index (κ3) is 5.27. The van der Waals surface area contributed by atoms with E-state index in [-0.39, 0.29) is 18.1 Å². The Bertz CT molecular complexity index is 491. The average molecular weight is 297 g/mol. The van der Waals surface area contributed by atoms with Gasteiger partial charge in [0.25, 0.3) is 0 Å². The van der Waals surface area contributed by atoms with Crippen molar-refractivity contribution in [1.29, 1.82) is 0 Å². The zero-order chi connectivity index (χ0) is 15.8. The first-order chi connectivity index (χ1) is 9.99. The molecule has 1 aromatic carbocycles. The van der Waals surface area contributed by atoms with Crippen molar-refractivity contribution in [3.63, 3.8) is 0 Å². The van der Waals surface area contributed by atoms with Crippen LogP contribution in [0.4, 0.5) is 8.78 Å². The van der Waals surface area contributed by atoms with Crippen LogP contribution < -0.4 is 5.32 Å². The maximum atomic E-state index is 13.8. The van der Waals surface area contributed by atoms with Crippen LogP contribution in [-0.4, -0.2) is 18.6 Å². The fourth-order valence-corrected chi connectivity index (χ4v) is 1.96. The van der Waals surface area contributed by atoms with Crippen LogP contribution in [0.2, 0.25) is 0 Å². The Morgan fingerprint density at radius 2 is 2.19 bits per heavy atom. The smallest absolute Gasteiger partial charge is 0.249 e. The molecule has 0 fully saturated rings. The summed E-state index contributed by atoms with van der Waals surface area (Å²) in [6, 6.07) is 2.87. The van der Waals surface area contributed by atoms with Gasteiger partial charge in [-0.25, -0.2) is 8.78 Å². The van der Waals surface area contributed by atoms with Crippen LogP contribution in [0.15, 0.2) is 30.9 Å². The number of ether oxygens (including phenoxy) is 1. The number of hydrogen-bond acceptors (Lipinski definition) is 2. The maximum Gasteiger partial charge on any atom is 0.249 e. The van der Waals surface area contributed by atoms with Gasteiger partial charge < -0.3 is 10.1 Å². The van der Waals surface area contributed by atoms with Crippen molar-refractivity contribution < 1.29 is 18.3 Å². The van der Waals surface area contributed by atoms with Crippen molar-refractivity contribution in [1.82, 2.24) is 5.32 Å². The van der Waals surface area contributed by atoms with E-state index in [4.69, 9.17) is 4.74 Å². The lowest BCUT2D eigenvalue weighted by atomic mass is 10.0. The standard InChI is InChI=1S/C16H21F2NO2/c1-4-6-15(13-8-7-12(17)10-14(13)18)19-16(20)11(3)21-9-5-2/h5,7-8,10-11,15H,2,4,6,9H2,1,3H3,(H,19,20)/t11-,15-/m1/s1. The van der Waals surface area contributed by atoms with Gasteiger partial charge in [-0.05, 0) is 19.4 Å². The maximum absolute atomic E-state index is 13.8. The van der Waals surface area contributed by atoms with Crippen molar-refractivity contribution in [2.24, 2.45) is 0 Å². The van der Waals surface area contributed by atoms with E-state index < -0.39 is 23.8 Å². The van der Waals surface area contributed by atoms with Gasteiger partial charge in [0.2, 0.25) is 5.91 Å². The predicted octanol–water partition coefficient (Wildman–Crippen LogP) is 3.51. The number of benzene rings is 1. The molecule has 1 N–H and O–H groups in total. The summed E-state index contributed by atoms with van der Waals surface area (Å²) in [6.07, 6.45) is 2.20. The van der Waals surface area contributed by atoms with Crippen molar-refractivity contribution >= 4 is 5.91 Å². The summed E-state index contributed by atoms with van der Waals surface area (Å²) in [5.41, 5.74) is 0.280. The van der Waals surface area contributed by atoms with Gasteiger partial charge in [0, 0.05) is 11.6 Å². The minimum absolute atomic E-state index is 0.262. The van der Waals surface area contributed by atoms with Crippen LogP contribution in [0.1, 0.15) is 38.3 Å². The Balaban J connectivity index is 2.81. The minimum Gasteiger partial charge on any atom is -0.365 e. The molecule has 1 amide bonds. The van der Waals surface area contributed by atoms with E-state index in [1.807, 2.05) is 6.92 Å². The molecule has 116 valence electrons. The highest BCUT2D eigenvalue weighted by atomic mass is 19.1. The van der Waals surface area contributed by atoms with E-state index in [0.29, 0.717) is 6.42 Å². The zero-order valence-corrected chi connectivity index (χ0v) is 12.4. The lowest BCUT2D eigenvalue weighted by Gasteiger charge is -2.21. The molecule has 21 heavy (non-hydrogen) atoms. The molecule has 1 aromatic rings. The molecule has 0 unspecified atom stereocenters. The number of hydrogen-bond donors (Lipinski definition) is 1. The van der Waals surface area contributed by atoms with Gasteiger partial charge >= 0.3 is 0 Å². The molecule has 0 heterocycles. The summed E-state index contributed by atoms with van der Waals surface area (Å²) < 4.78 is 32.0. The van der Waals surface area contributed by atoms with Crippen LogP contribution in [0.3, 0.4) is 0 Å². The number of carbonyl (C=O) groups is 1. The second-order valence-electron chi connectivity index (χ2n) is 4.78. The molecule has 0 saturated carbocycles. The van der Waals surface area contributed by atoms with Gasteiger partial charge in [-0.2, -0.15) is 0 Å². The van der Waals surface area contributed by atoms with Crippen LogP contribution in [-0.2, 0) is 9.53 Å². The van der Waals surface area contributed by atoms with E-state index in [1.165, 1.54) is 12.1 Å². The van der Waals surface area contributed by atoms with Gasteiger partial charge in [0.05, 0.1) is 12.6 Å². The molecule has 0 aliphatic heterocycles. The number of amides is 1. The molecule has 5 heteroatoms. The highest BCUT2D eigenvalue weighted by molar-refractivity contribution is 5.80. The normalized spacial score (nSPS) is 13.5. The van der Waals surface area contributed by atoms with Crippen LogP contribution in [0.5, 0.6) is 0 Å². The molecule has 2 atom stereocenters. The average Bonchev–Trinajstić information content (AvgIpc) is 2.44. The molecule has 0 radical (unpaired) electrons. The number of halogens is 2. The molecule has 0 aliphatic carbocycles. The summed E-state index contributed by atoms with van der Waals surface area (Å²) in [7, 11) is 0. The second kappa shape index (κ2) is 8.52. The van der Waals surface area contributed by atoms with E-state index in [9.17, 15) is 13.6 Å². The van der Waals surface area contributed by atoms with Gasteiger partial charge in [-0.3, -0.25) is 4.79 Å². The Kier molecular flexibility index (Phi) is 7.02. The fourth-order valence-electron chi connectivity index (χ4n) is 1.96. The number of carbonyl (C=O) groups excluding carboxylic acids is 1. The van der Waals surface area contributed by atoms with Crippen LogP contribution in [0.25, 0.3) is 0 Å². The Labute approximate surface area is 124 Å². The molecular formula is C16H21F2NO2. The molecule has 1 rings (SSSR count). The predicted molar refractivity (Wildman–Crippen MR) is 77.8 cm³/mol. The number of nitrogens with one attached hydrogen (secondary N) is 1. The van der Waals surface area contributed by atoms with E-state index in [0.717, 1.165) is 12.5 Å². The lowest BCUT2D eigenvalue weighted by Crippen LogP contribution is -2.37. The van der Waals surface area contributed by atoms with Crippen molar-refractivity contribution in [3.8, 4) is 0 Å². The summed E-state index contributed by atoms with van der Waals surface area (Å²) in [5.74, 6) is -1.63. The van der Waals surface area contributed by atoms with Gasteiger partial charge in [0.15, 0.2) is 0 Å². The fraction of sp³-hybridized carbons (Fsp3) is 0.438. The van der Waals surface area contributed by atoms with Crippen molar-refractivity contribution in [3.05, 3.63) is 48.1 Å². The quantitative estimate of drug-likeness (QED) is 0.746. The summed E-state index contributed by atoms with van der Waals surface area (Å²) >= 11 is 0.